The summed E-state index contributed by atoms with van der Waals surface area (Å²) in [4.78, 5) is 3.87. The van der Waals surface area contributed by atoms with E-state index in [1.165, 1.54) is 58.9 Å². The first kappa shape index (κ1) is 54.9. The number of hydrogen-bond donors (Lipinski definition) is 1. The number of allylic oxidation sites excluding steroid dienone is 2. The van der Waals surface area contributed by atoms with Crippen molar-refractivity contribution in [2.45, 2.75) is 193 Å². The van der Waals surface area contributed by atoms with Gasteiger partial charge in [0.25, 0.3) is 5.88 Å². The molecule has 5 atom stereocenters. The van der Waals surface area contributed by atoms with Gasteiger partial charge < -0.3 is 18.4 Å². The quantitative estimate of drug-likeness (QED) is 0.0375. The van der Waals surface area contributed by atoms with E-state index in [4.69, 9.17) is 23.1 Å². The normalized spacial score (nSPS) is 21.3. The second kappa shape index (κ2) is 25.3. The Bertz CT molecular complexity index is 1560. The molecule has 0 saturated carbocycles. The molecule has 0 unspecified atom stereocenters. The van der Waals surface area contributed by atoms with Crippen LogP contribution in [0.3, 0.4) is 0 Å². The molecule has 0 radical (unpaired) electrons. The summed E-state index contributed by atoms with van der Waals surface area (Å²) in [6.07, 6.45) is 16.9. The van der Waals surface area contributed by atoms with Gasteiger partial charge in [-0.3, -0.25) is 0 Å². The molecule has 0 aliphatic carbocycles. The van der Waals surface area contributed by atoms with E-state index in [1.807, 2.05) is 6.92 Å². The Morgan fingerprint density at radius 1 is 1.02 bits per heavy atom. The summed E-state index contributed by atoms with van der Waals surface area (Å²) < 4.78 is 105. The predicted molar refractivity (Wildman–Crippen MR) is 239 cm³/mol. The zero-order valence-electron chi connectivity index (χ0n) is 38.6. The SMILES string of the molecule is CCC[CH2][Sn](/[CH]=C/C[C@H](/C=C/C(C)=C/[C@H](O[Si](C(C)C)(C(C)C)C(C)C)[C@H]1C[C@@H](CO)C[C@](Cc2nc(OS(=O)(=O)C(F)(F)F)co2)(OC)O1)OC)([CH2]CCC)[CH2]CCC. The zero-order chi connectivity index (χ0) is 45.4. The summed E-state index contributed by atoms with van der Waals surface area (Å²) in [6, 6.07) is 0. The number of nitrogens with zero attached hydrogens (tertiary/aromatic N) is 1. The van der Waals surface area contributed by atoms with Crippen molar-refractivity contribution in [1.29, 1.82) is 0 Å². The third-order valence-electron chi connectivity index (χ3n) is 12.2. The van der Waals surface area contributed by atoms with Crippen molar-refractivity contribution >= 4 is 36.8 Å². The number of unbranched alkanes of at least 4 members (excludes halogenated alkanes) is 3. The number of oxazole rings is 1. The minimum atomic E-state index is -5.96. The summed E-state index contributed by atoms with van der Waals surface area (Å²) in [5.41, 5.74) is -3.94. The molecule has 1 N–H and O–H groups in total. The van der Waals surface area contributed by atoms with E-state index in [1.54, 1.807) is 7.11 Å². The summed E-state index contributed by atoms with van der Waals surface area (Å²) >= 11 is -2.45. The van der Waals surface area contributed by atoms with Crippen molar-refractivity contribution in [3.8, 4) is 5.88 Å². The fourth-order valence-electron chi connectivity index (χ4n) is 9.04. The molecular formula is C44H78F3NO9SSiSn. The van der Waals surface area contributed by atoms with Crippen molar-refractivity contribution in [3.63, 3.8) is 0 Å². The first-order valence-electron chi connectivity index (χ1n) is 22.2. The number of aromatic nitrogens is 1. The molecular weight excluding hydrogens is 922 g/mol. The molecule has 1 fully saturated rings. The molecule has 348 valence electrons. The standard InChI is InChI=1S/C32H51F3NO9SSi.3C4H9.Sn/c1-11-12-26(40-9)14-13-24(8)15-28(45-47(21(2)3,22(4)5)23(6)7)27-16-25(19-37)17-31(41-10,43-27)18-29-36-30(20-42-29)44-46(38,39)32(33,34)35;3*1-3-4-2;/h1,11,13-15,20-23,25-28,37H,12,16-19H2,2-10H3;3*1,3-4H2,2H3;/b11-1?,14-13+,24-15+;;;;/t25-,26-,27-,28+,31+;;;;/m1..../s1. The third-order valence-corrected chi connectivity index (χ3v) is 33.5. The molecule has 1 aromatic rings. The number of aliphatic hydroxyl groups is 1. The van der Waals surface area contributed by atoms with Gasteiger partial charge in [-0.1, -0.05) is 41.5 Å². The number of rotatable bonds is 28. The second-order valence-electron chi connectivity index (χ2n) is 17.8. The van der Waals surface area contributed by atoms with Crippen LogP contribution in [0.15, 0.2) is 44.6 Å². The monoisotopic (exact) mass is 1000 g/mol. The molecule has 60 heavy (non-hydrogen) atoms. The van der Waals surface area contributed by atoms with Crippen molar-refractivity contribution in [3.05, 3.63) is 46.1 Å². The Labute approximate surface area is 365 Å². The molecule has 1 aliphatic heterocycles. The van der Waals surface area contributed by atoms with E-state index in [-0.39, 0.29) is 54.0 Å². The van der Waals surface area contributed by atoms with E-state index < -0.39 is 66.2 Å². The minimum absolute atomic E-state index is 0.112. The molecule has 0 bridgehead atoms. The Hall–Kier alpha value is -1.21. The average Bonchev–Trinajstić information content (AvgIpc) is 3.61. The maximum atomic E-state index is 13.0. The molecule has 10 nitrogen and oxygen atoms in total. The van der Waals surface area contributed by atoms with Crippen molar-refractivity contribution in [2.75, 3.05) is 20.8 Å². The first-order chi connectivity index (χ1) is 28.1. The van der Waals surface area contributed by atoms with Gasteiger partial charge in [-0.2, -0.15) is 26.6 Å². The van der Waals surface area contributed by atoms with Crippen LogP contribution in [0, 0.1) is 5.92 Å². The summed E-state index contributed by atoms with van der Waals surface area (Å²) in [6.45, 7) is 22.0. The summed E-state index contributed by atoms with van der Waals surface area (Å²) in [5, 5.41) is 10.6. The van der Waals surface area contributed by atoms with Gasteiger partial charge in [-0.15, -0.1) is 0 Å². The van der Waals surface area contributed by atoms with Gasteiger partial charge in [0.15, 0.2) is 6.26 Å². The zero-order valence-corrected chi connectivity index (χ0v) is 43.3. The number of hydrogen-bond acceptors (Lipinski definition) is 10. The van der Waals surface area contributed by atoms with Gasteiger partial charge in [0.1, 0.15) is 0 Å². The molecule has 2 rings (SSSR count). The van der Waals surface area contributed by atoms with Crippen LogP contribution in [0.5, 0.6) is 5.88 Å². The maximum absolute atomic E-state index is 13.0. The molecule has 0 amide bonds. The Kier molecular flexibility index (Phi) is 23.2. The van der Waals surface area contributed by atoms with Crippen LogP contribution >= 0.6 is 0 Å². The van der Waals surface area contributed by atoms with E-state index in [0.29, 0.717) is 12.7 Å². The molecule has 0 spiro atoms. The number of methoxy groups -OCH3 is 2. The summed E-state index contributed by atoms with van der Waals surface area (Å²) in [5.74, 6) is -2.79. The van der Waals surface area contributed by atoms with Crippen LogP contribution < -0.4 is 4.18 Å². The molecule has 1 aromatic heterocycles. The number of aliphatic hydroxyl groups excluding tert-OH is 1. The second-order valence-corrected chi connectivity index (χ2v) is 37.7. The van der Waals surface area contributed by atoms with Crippen LogP contribution in [0.2, 0.25) is 29.9 Å². The fourth-order valence-corrected chi connectivity index (χ4v) is 29.4. The third kappa shape index (κ3) is 15.8. The molecule has 2 heterocycles. The van der Waals surface area contributed by atoms with E-state index in [0.717, 1.165) is 12.0 Å². The van der Waals surface area contributed by atoms with Gasteiger partial charge in [0.05, 0.1) is 6.42 Å². The van der Waals surface area contributed by atoms with Crippen LogP contribution in [-0.2, 0) is 35.2 Å². The van der Waals surface area contributed by atoms with Crippen molar-refractivity contribution in [2.24, 2.45) is 5.92 Å². The first-order valence-corrected chi connectivity index (χ1v) is 33.4. The number of ether oxygens (including phenoxy) is 3. The van der Waals surface area contributed by atoms with Crippen molar-refractivity contribution < 1.29 is 53.9 Å². The Morgan fingerprint density at radius 2 is 1.58 bits per heavy atom. The van der Waals surface area contributed by atoms with Gasteiger partial charge in [-0.25, -0.2) is 0 Å². The van der Waals surface area contributed by atoms with Crippen LogP contribution in [0.1, 0.15) is 133 Å². The number of alkyl halides is 3. The van der Waals surface area contributed by atoms with E-state index >= 15 is 0 Å². The number of halogens is 3. The fraction of sp³-hybridized carbons (Fsp3) is 0.795. The predicted octanol–water partition coefficient (Wildman–Crippen LogP) is 12.0. The molecule has 1 saturated heterocycles. The van der Waals surface area contributed by atoms with Gasteiger partial charge in [0, 0.05) is 20.1 Å². The van der Waals surface area contributed by atoms with Crippen LogP contribution in [-0.4, -0.2) is 95.6 Å². The molecule has 16 heteroatoms. The van der Waals surface area contributed by atoms with Crippen molar-refractivity contribution in [1.82, 2.24) is 4.98 Å². The topological polar surface area (TPSA) is 127 Å². The molecule has 1 aliphatic rings. The Morgan fingerprint density at radius 3 is 2.05 bits per heavy atom. The van der Waals surface area contributed by atoms with Gasteiger partial charge >= 0.3 is 236 Å². The van der Waals surface area contributed by atoms with Crippen LogP contribution in [0.25, 0.3) is 0 Å². The van der Waals surface area contributed by atoms with Gasteiger partial charge in [-0.05, 0) is 0 Å². The van der Waals surface area contributed by atoms with Crippen LogP contribution in [0.4, 0.5) is 13.2 Å². The van der Waals surface area contributed by atoms with E-state index in [9.17, 15) is 26.7 Å². The van der Waals surface area contributed by atoms with E-state index in [2.05, 4.69) is 99.9 Å². The molecule has 0 aromatic carbocycles. The summed E-state index contributed by atoms with van der Waals surface area (Å²) in [7, 11) is -5.31. The average molecular weight is 1000 g/mol. The van der Waals surface area contributed by atoms with Gasteiger partial charge in [0.2, 0.25) is 5.89 Å². The Balaban J connectivity index is 2.55.